The van der Waals surface area contributed by atoms with Crippen LogP contribution in [0.5, 0.6) is 5.75 Å². The topological polar surface area (TPSA) is 46.5 Å². The molecule has 1 aromatic carbocycles. The molecule has 0 saturated heterocycles. The van der Waals surface area contributed by atoms with E-state index in [1.165, 1.54) is 0 Å². The van der Waals surface area contributed by atoms with Gasteiger partial charge in [-0.15, -0.1) is 0 Å². The molecule has 3 heteroatoms. The van der Waals surface area contributed by atoms with Crippen molar-refractivity contribution in [1.82, 2.24) is 0 Å². The van der Waals surface area contributed by atoms with Crippen LogP contribution in [0.1, 0.15) is 57.1 Å². The summed E-state index contributed by atoms with van der Waals surface area (Å²) < 4.78 is 6.17. The molecule has 3 rings (SSSR count). The van der Waals surface area contributed by atoms with Gasteiger partial charge in [0.25, 0.3) is 0 Å². The molecule has 0 radical (unpaired) electrons. The second-order valence-electron chi connectivity index (χ2n) is 6.75. The van der Waals surface area contributed by atoms with Crippen LogP contribution in [0.2, 0.25) is 0 Å². The summed E-state index contributed by atoms with van der Waals surface area (Å²) in [6.07, 6.45) is 5.36. The van der Waals surface area contributed by atoms with Crippen molar-refractivity contribution in [2.75, 3.05) is 0 Å². The Kier molecular flexibility index (Phi) is 3.03. The van der Waals surface area contributed by atoms with Crippen molar-refractivity contribution in [1.29, 1.82) is 0 Å². The van der Waals surface area contributed by atoms with E-state index in [0.29, 0.717) is 0 Å². The van der Waals surface area contributed by atoms with Crippen LogP contribution in [0, 0.1) is 0 Å². The fraction of sp³-hybridized carbons (Fsp3) is 0.588. The molecule has 0 spiro atoms. The number of benzene rings is 1. The van der Waals surface area contributed by atoms with Gasteiger partial charge < -0.3 is 9.84 Å². The predicted molar refractivity (Wildman–Crippen MR) is 77.3 cm³/mol. The van der Waals surface area contributed by atoms with Crippen molar-refractivity contribution in [2.24, 2.45) is 0 Å². The van der Waals surface area contributed by atoms with Gasteiger partial charge in [0.05, 0.1) is 5.41 Å². The Balaban J connectivity index is 2.13. The average molecular weight is 274 g/mol. The molecule has 1 aliphatic heterocycles. The molecule has 3 nitrogen and oxygen atoms in total. The number of fused-ring (bicyclic) bond motifs is 1. The Labute approximate surface area is 120 Å². The zero-order chi connectivity index (χ0) is 14.4. The summed E-state index contributed by atoms with van der Waals surface area (Å²) in [6, 6.07) is 6.01. The lowest BCUT2D eigenvalue weighted by Gasteiger charge is -2.37. The van der Waals surface area contributed by atoms with Gasteiger partial charge in [0.2, 0.25) is 0 Å². The number of aliphatic carboxylic acids is 1. The molecular formula is C17H22O3. The van der Waals surface area contributed by atoms with E-state index in [1.807, 2.05) is 12.1 Å². The molecule has 0 aromatic heterocycles. The maximum Gasteiger partial charge on any atom is 0.314 e. The molecule has 1 heterocycles. The highest BCUT2D eigenvalue weighted by Gasteiger charge is 2.46. The maximum absolute atomic E-state index is 11.9. The van der Waals surface area contributed by atoms with Gasteiger partial charge in [-0.1, -0.05) is 31.0 Å². The number of ether oxygens (including phenoxy) is 1. The van der Waals surface area contributed by atoms with Gasteiger partial charge in [-0.3, -0.25) is 4.79 Å². The first kappa shape index (κ1) is 13.5. The fourth-order valence-corrected chi connectivity index (χ4v) is 3.62. The molecular weight excluding hydrogens is 252 g/mol. The zero-order valence-corrected chi connectivity index (χ0v) is 12.2. The number of carboxylic acids is 1. The highest BCUT2D eigenvalue weighted by atomic mass is 16.5. The Morgan fingerprint density at radius 2 is 1.90 bits per heavy atom. The fourth-order valence-electron chi connectivity index (χ4n) is 3.62. The molecule has 1 N–H and O–H groups in total. The number of aryl methyl sites for hydroxylation is 1. The summed E-state index contributed by atoms with van der Waals surface area (Å²) in [6.45, 7) is 4.16. The molecule has 0 atom stereocenters. The van der Waals surface area contributed by atoms with Crippen LogP contribution >= 0.6 is 0 Å². The van der Waals surface area contributed by atoms with E-state index in [1.54, 1.807) is 0 Å². The minimum atomic E-state index is -0.737. The largest absolute Gasteiger partial charge is 0.487 e. The van der Waals surface area contributed by atoms with Crippen molar-refractivity contribution in [3.8, 4) is 5.75 Å². The van der Waals surface area contributed by atoms with E-state index < -0.39 is 11.4 Å². The number of carbonyl (C=O) groups is 1. The van der Waals surface area contributed by atoms with E-state index in [4.69, 9.17) is 4.74 Å². The highest BCUT2D eigenvalue weighted by Crippen LogP contribution is 2.48. The van der Waals surface area contributed by atoms with Crippen molar-refractivity contribution in [2.45, 2.75) is 63.4 Å². The smallest absolute Gasteiger partial charge is 0.314 e. The first-order chi connectivity index (χ1) is 9.45. The molecule has 1 saturated carbocycles. The van der Waals surface area contributed by atoms with Gasteiger partial charge in [-0.05, 0) is 45.1 Å². The molecule has 0 amide bonds. The molecule has 0 unspecified atom stereocenters. The lowest BCUT2D eigenvalue weighted by Crippen LogP contribution is -2.37. The van der Waals surface area contributed by atoms with E-state index >= 15 is 0 Å². The number of rotatable bonds is 2. The lowest BCUT2D eigenvalue weighted by atomic mass is 9.76. The highest BCUT2D eigenvalue weighted by molar-refractivity contribution is 5.83. The molecule has 2 aliphatic rings. The van der Waals surface area contributed by atoms with E-state index in [9.17, 15) is 9.90 Å². The Morgan fingerprint density at radius 3 is 2.55 bits per heavy atom. The summed E-state index contributed by atoms with van der Waals surface area (Å²) in [5.74, 6) is 0.142. The standard InChI is InChI=1S/C17H22O3/c1-16(2)11-8-12-6-5-7-13(14(12)20-16)17(15(18)19)9-3-4-10-17/h5-7H,3-4,8-11H2,1-2H3,(H,18,19). The number of hydrogen-bond acceptors (Lipinski definition) is 2. The third-order valence-electron chi connectivity index (χ3n) is 4.85. The Hall–Kier alpha value is -1.51. The zero-order valence-electron chi connectivity index (χ0n) is 12.2. The Bertz CT molecular complexity index is 539. The third kappa shape index (κ3) is 2.00. The van der Waals surface area contributed by atoms with Crippen molar-refractivity contribution in [3.05, 3.63) is 29.3 Å². The Morgan fingerprint density at radius 1 is 1.20 bits per heavy atom. The van der Waals surface area contributed by atoms with Crippen LogP contribution in [-0.2, 0) is 16.6 Å². The summed E-state index contributed by atoms with van der Waals surface area (Å²) >= 11 is 0. The van der Waals surface area contributed by atoms with Crippen LogP contribution in [0.3, 0.4) is 0 Å². The molecule has 108 valence electrons. The summed E-state index contributed by atoms with van der Waals surface area (Å²) in [5.41, 5.74) is 1.11. The van der Waals surface area contributed by atoms with Crippen LogP contribution in [0.15, 0.2) is 18.2 Å². The SMILES string of the molecule is CC1(C)CCc2cccc(C3(C(=O)O)CCCC3)c2O1. The van der Waals surface area contributed by atoms with E-state index in [2.05, 4.69) is 19.9 Å². The molecule has 1 fully saturated rings. The number of carboxylic acid groups (broad SMARTS) is 1. The third-order valence-corrected chi connectivity index (χ3v) is 4.85. The normalized spacial score (nSPS) is 22.9. The van der Waals surface area contributed by atoms with Crippen molar-refractivity contribution < 1.29 is 14.6 Å². The summed E-state index contributed by atoms with van der Waals surface area (Å²) in [5, 5.41) is 9.79. The van der Waals surface area contributed by atoms with Crippen LogP contribution in [-0.4, -0.2) is 16.7 Å². The van der Waals surface area contributed by atoms with Gasteiger partial charge >= 0.3 is 5.97 Å². The minimum absolute atomic E-state index is 0.207. The van der Waals surface area contributed by atoms with Crippen LogP contribution in [0.25, 0.3) is 0 Å². The minimum Gasteiger partial charge on any atom is -0.487 e. The second-order valence-corrected chi connectivity index (χ2v) is 6.75. The number of para-hydroxylation sites is 1. The van der Waals surface area contributed by atoms with E-state index in [0.717, 1.165) is 55.4 Å². The molecule has 1 aliphatic carbocycles. The van der Waals surface area contributed by atoms with Crippen molar-refractivity contribution >= 4 is 5.97 Å². The van der Waals surface area contributed by atoms with Crippen LogP contribution in [0.4, 0.5) is 0 Å². The number of hydrogen-bond donors (Lipinski definition) is 1. The van der Waals surface area contributed by atoms with Gasteiger partial charge in [-0.2, -0.15) is 0 Å². The molecule has 1 aromatic rings. The first-order valence-corrected chi connectivity index (χ1v) is 7.49. The second kappa shape index (κ2) is 4.51. The van der Waals surface area contributed by atoms with Crippen LogP contribution < -0.4 is 4.74 Å². The average Bonchev–Trinajstić information content (AvgIpc) is 2.87. The monoisotopic (exact) mass is 274 g/mol. The summed E-state index contributed by atoms with van der Waals surface area (Å²) in [7, 11) is 0. The maximum atomic E-state index is 11.9. The molecule has 0 bridgehead atoms. The van der Waals surface area contributed by atoms with Gasteiger partial charge in [0, 0.05) is 5.56 Å². The van der Waals surface area contributed by atoms with Gasteiger partial charge in [-0.25, -0.2) is 0 Å². The quantitative estimate of drug-likeness (QED) is 0.894. The van der Waals surface area contributed by atoms with Gasteiger partial charge in [0.1, 0.15) is 11.4 Å². The van der Waals surface area contributed by atoms with Gasteiger partial charge in [0.15, 0.2) is 0 Å². The lowest BCUT2D eigenvalue weighted by molar-refractivity contribution is -0.143. The van der Waals surface area contributed by atoms with E-state index in [-0.39, 0.29) is 5.60 Å². The first-order valence-electron chi connectivity index (χ1n) is 7.49. The predicted octanol–water partition coefficient (Wildman–Crippen LogP) is 3.69. The molecule has 20 heavy (non-hydrogen) atoms. The summed E-state index contributed by atoms with van der Waals surface area (Å²) in [4.78, 5) is 11.9. The van der Waals surface area contributed by atoms with Crippen molar-refractivity contribution in [3.63, 3.8) is 0 Å².